The van der Waals surface area contributed by atoms with Crippen molar-refractivity contribution >= 4 is 21.4 Å². The predicted octanol–water partition coefficient (Wildman–Crippen LogP) is 2.80. The molecule has 0 fully saturated rings. The van der Waals surface area contributed by atoms with E-state index in [9.17, 15) is 21.6 Å². The van der Waals surface area contributed by atoms with Crippen molar-refractivity contribution in [2.45, 2.75) is 11.8 Å². The highest BCUT2D eigenvalue weighted by Gasteiger charge is 2.22. The molecule has 0 aromatic heterocycles. The van der Waals surface area contributed by atoms with Gasteiger partial charge in [0, 0.05) is 11.8 Å². The van der Waals surface area contributed by atoms with Crippen LogP contribution in [0.25, 0.3) is 0 Å². The lowest BCUT2D eigenvalue weighted by molar-refractivity contribution is 0.564. The largest absolute Gasteiger partial charge is 0.399 e. The van der Waals surface area contributed by atoms with Gasteiger partial charge in [0.15, 0.2) is 0 Å². The van der Waals surface area contributed by atoms with Gasteiger partial charge in [-0.05, 0) is 36.8 Å². The molecule has 2 aromatic rings. The van der Waals surface area contributed by atoms with Gasteiger partial charge in [0.2, 0.25) is 0 Å². The molecule has 112 valence electrons. The van der Waals surface area contributed by atoms with Crippen LogP contribution >= 0.6 is 0 Å². The van der Waals surface area contributed by atoms with Crippen LogP contribution in [0.2, 0.25) is 0 Å². The van der Waals surface area contributed by atoms with E-state index in [1.54, 1.807) is 4.72 Å². The molecular weight excluding hydrogens is 305 g/mol. The van der Waals surface area contributed by atoms with Crippen LogP contribution in [0, 0.1) is 24.4 Å². The first-order valence-corrected chi connectivity index (χ1v) is 7.22. The van der Waals surface area contributed by atoms with E-state index in [2.05, 4.69) is 0 Å². The van der Waals surface area contributed by atoms with Crippen LogP contribution < -0.4 is 10.5 Å². The first-order chi connectivity index (χ1) is 9.70. The summed E-state index contributed by atoms with van der Waals surface area (Å²) >= 11 is 0. The minimum absolute atomic E-state index is 0.0232. The third-order valence-electron chi connectivity index (χ3n) is 2.71. The SMILES string of the molecule is Cc1cc(N)cc(S(=O)(=O)Nc2cc(F)ccc2F)c1F. The Morgan fingerprint density at radius 2 is 1.76 bits per heavy atom. The Bertz CT molecular complexity index is 807. The smallest absolute Gasteiger partial charge is 0.264 e. The molecule has 0 heterocycles. The highest BCUT2D eigenvalue weighted by atomic mass is 32.2. The topological polar surface area (TPSA) is 72.2 Å². The summed E-state index contributed by atoms with van der Waals surface area (Å²) in [5.74, 6) is -2.83. The first kappa shape index (κ1) is 15.2. The number of hydrogen-bond acceptors (Lipinski definition) is 3. The van der Waals surface area contributed by atoms with Gasteiger partial charge in [-0.1, -0.05) is 0 Å². The fourth-order valence-electron chi connectivity index (χ4n) is 1.74. The molecule has 4 nitrogen and oxygen atoms in total. The lowest BCUT2D eigenvalue weighted by Gasteiger charge is -2.11. The van der Waals surface area contributed by atoms with Crippen molar-refractivity contribution in [3.05, 3.63) is 53.3 Å². The highest BCUT2D eigenvalue weighted by molar-refractivity contribution is 7.92. The van der Waals surface area contributed by atoms with Crippen molar-refractivity contribution in [1.29, 1.82) is 0 Å². The Balaban J connectivity index is 2.51. The van der Waals surface area contributed by atoms with Gasteiger partial charge in [0.25, 0.3) is 10.0 Å². The van der Waals surface area contributed by atoms with Gasteiger partial charge in [0.1, 0.15) is 22.3 Å². The average molecular weight is 316 g/mol. The Morgan fingerprint density at radius 1 is 1.10 bits per heavy atom. The van der Waals surface area contributed by atoms with Gasteiger partial charge in [-0.15, -0.1) is 0 Å². The maximum absolute atomic E-state index is 13.9. The summed E-state index contributed by atoms with van der Waals surface area (Å²) < 4.78 is 66.4. The zero-order valence-electron chi connectivity index (χ0n) is 10.8. The molecule has 0 aliphatic heterocycles. The summed E-state index contributed by atoms with van der Waals surface area (Å²) in [6.07, 6.45) is 0. The monoisotopic (exact) mass is 316 g/mol. The summed E-state index contributed by atoms with van der Waals surface area (Å²) in [4.78, 5) is -0.733. The lowest BCUT2D eigenvalue weighted by Crippen LogP contribution is -2.16. The van der Waals surface area contributed by atoms with Crippen molar-refractivity contribution in [2.75, 3.05) is 10.5 Å². The third-order valence-corrected chi connectivity index (χ3v) is 4.07. The Labute approximate surface area is 119 Å². The van der Waals surface area contributed by atoms with Gasteiger partial charge < -0.3 is 5.73 Å². The maximum Gasteiger partial charge on any atom is 0.264 e. The quantitative estimate of drug-likeness (QED) is 0.855. The van der Waals surface area contributed by atoms with Gasteiger partial charge >= 0.3 is 0 Å². The van der Waals surface area contributed by atoms with E-state index in [4.69, 9.17) is 5.73 Å². The predicted molar refractivity (Wildman–Crippen MR) is 72.7 cm³/mol. The Morgan fingerprint density at radius 3 is 2.43 bits per heavy atom. The van der Waals surface area contributed by atoms with E-state index in [1.165, 1.54) is 13.0 Å². The van der Waals surface area contributed by atoms with E-state index in [-0.39, 0.29) is 11.3 Å². The maximum atomic E-state index is 13.9. The second-order valence-electron chi connectivity index (χ2n) is 4.38. The molecule has 0 saturated heterocycles. The highest BCUT2D eigenvalue weighted by Crippen LogP contribution is 2.25. The number of benzene rings is 2. The molecule has 21 heavy (non-hydrogen) atoms. The van der Waals surface area contributed by atoms with Gasteiger partial charge in [0.05, 0.1) is 5.69 Å². The molecule has 3 N–H and O–H groups in total. The van der Waals surface area contributed by atoms with Gasteiger partial charge in [-0.25, -0.2) is 21.6 Å². The summed E-state index contributed by atoms with van der Waals surface area (Å²) in [6.45, 7) is 1.34. The number of aryl methyl sites for hydroxylation is 1. The third kappa shape index (κ3) is 3.10. The van der Waals surface area contributed by atoms with E-state index >= 15 is 0 Å². The van der Waals surface area contributed by atoms with Crippen LogP contribution in [-0.4, -0.2) is 8.42 Å². The van der Waals surface area contributed by atoms with Crippen LogP contribution in [-0.2, 0) is 10.0 Å². The van der Waals surface area contributed by atoms with Crippen molar-refractivity contribution in [3.63, 3.8) is 0 Å². The van der Waals surface area contributed by atoms with Crippen molar-refractivity contribution in [1.82, 2.24) is 0 Å². The zero-order chi connectivity index (χ0) is 15.8. The number of rotatable bonds is 3. The lowest BCUT2D eigenvalue weighted by atomic mass is 10.2. The van der Waals surface area contributed by atoms with E-state index < -0.39 is 38.1 Å². The van der Waals surface area contributed by atoms with Crippen molar-refractivity contribution in [3.8, 4) is 0 Å². The summed E-state index contributed by atoms with van der Waals surface area (Å²) in [5.41, 5.74) is 4.92. The fourth-order valence-corrected chi connectivity index (χ4v) is 2.98. The number of halogens is 3. The fraction of sp³-hybridized carbons (Fsp3) is 0.0769. The number of nitrogens with one attached hydrogen (secondary N) is 1. The minimum atomic E-state index is -4.44. The van der Waals surface area contributed by atoms with E-state index in [1.807, 2.05) is 0 Å². The van der Waals surface area contributed by atoms with Crippen molar-refractivity contribution < 1.29 is 21.6 Å². The van der Waals surface area contributed by atoms with Crippen LogP contribution in [0.15, 0.2) is 35.2 Å². The number of nitrogens with two attached hydrogens (primary N) is 1. The second-order valence-corrected chi connectivity index (χ2v) is 6.03. The van der Waals surface area contributed by atoms with E-state index in [0.717, 1.165) is 18.2 Å². The number of nitrogen functional groups attached to an aromatic ring is 1. The molecular formula is C13H11F3N2O2S. The van der Waals surface area contributed by atoms with Crippen LogP contribution in [0.1, 0.15) is 5.56 Å². The van der Waals surface area contributed by atoms with Gasteiger partial charge in [-0.3, -0.25) is 4.72 Å². The zero-order valence-corrected chi connectivity index (χ0v) is 11.6. The molecule has 0 spiro atoms. The molecule has 0 unspecified atom stereocenters. The summed E-state index contributed by atoms with van der Waals surface area (Å²) in [7, 11) is -4.44. The molecule has 2 rings (SSSR count). The number of anilines is 2. The molecule has 0 aliphatic carbocycles. The molecule has 0 bridgehead atoms. The molecule has 2 aromatic carbocycles. The number of hydrogen-bond donors (Lipinski definition) is 2. The van der Waals surface area contributed by atoms with Crippen LogP contribution in [0.5, 0.6) is 0 Å². The van der Waals surface area contributed by atoms with Crippen LogP contribution in [0.3, 0.4) is 0 Å². The molecule has 0 radical (unpaired) electrons. The Kier molecular flexibility index (Phi) is 3.82. The molecule has 8 heteroatoms. The van der Waals surface area contributed by atoms with Gasteiger partial charge in [-0.2, -0.15) is 0 Å². The minimum Gasteiger partial charge on any atom is -0.399 e. The molecule has 0 saturated carbocycles. The molecule has 0 amide bonds. The van der Waals surface area contributed by atoms with Crippen molar-refractivity contribution in [2.24, 2.45) is 0 Å². The second kappa shape index (κ2) is 5.28. The average Bonchev–Trinajstić information content (AvgIpc) is 2.37. The summed E-state index contributed by atoms with van der Waals surface area (Å²) in [5, 5.41) is 0. The summed E-state index contributed by atoms with van der Waals surface area (Å²) in [6, 6.07) is 4.41. The van der Waals surface area contributed by atoms with Crippen LogP contribution in [0.4, 0.5) is 24.5 Å². The normalized spacial score (nSPS) is 11.4. The number of sulfonamides is 1. The van der Waals surface area contributed by atoms with E-state index in [0.29, 0.717) is 6.07 Å². The standard InChI is InChI=1S/C13H11F3N2O2S/c1-7-4-9(17)6-12(13(7)16)21(19,20)18-11-5-8(14)2-3-10(11)15/h2-6,18H,17H2,1H3. The first-order valence-electron chi connectivity index (χ1n) is 5.74. The Hall–Kier alpha value is -2.22. The molecule has 0 atom stereocenters. The molecule has 0 aliphatic rings.